The van der Waals surface area contributed by atoms with Crippen molar-refractivity contribution >= 4 is 11.6 Å². The van der Waals surface area contributed by atoms with E-state index in [1.54, 1.807) is 16.9 Å². The first-order valence-corrected chi connectivity index (χ1v) is 6.80. The molecule has 2 rings (SSSR count). The smallest absolute Gasteiger partial charge is 0.273 e. The number of anilines is 1. The molecule has 5 nitrogen and oxygen atoms in total. The summed E-state index contributed by atoms with van der Waals surface area (Å²) in [6.45, 7) is 5.35. The van der Waals surface area contributed by atoms with E-state index in [9.17, 15) is 4.79 Å². The maximum Gasteiger partial charge on any atom is 0.273 e. The monoisotopic (exact) mass is 273 g/mol. The Kier molecular flexibility index (Phi) is 4.76. The van der Waals surface area contributed by atoms with E-state index in [2.05, 4.69) is 17.3 Å². The average Bonchev–Trinajstić information content (AvgIpc) is 2.90. The minimum Gasteiger partial charge on any atom is -0.494 e. The normalized spacial score (nSPS) is 10.3. The van der Waals surface area contributed by atoms with E-state index < -0.39 is 0 Å². The van der Waals surface area contributed by atoms with Crippen LogP contribution in [0, 0.1) is 0 Å². The number of hydrogen-bond acceptors (Lipinski definition) is 3. The molecule has 0 saturated heterocycles. The molecule has 0 unspecified atom stereocenters. The molecule has 2 aromatic rings. The van der Waals surface area contributed by atoms with Crippen LogP contribution >= 0.6 is 0 Å². The van der Waals surface area contributed by atoms with Gasteiger partial charge < -0.3 is 10.1 Å². The summed E-state index contributed by atoms with van der Waals surface area (Å²) in [6, 6.07) is 9.04. The number of nitrogens with zero attached hydrogens (tertiary/aromatic N) is 2. The highest BCUT2D eigenvalue weighted by atomic mass is 16.5. The molecule has 1 aromatic carbocycles. The van der Waals surface area contributed by atoms with Crippen molar-refractivity contribution in [1.29, 1.82) is 0 Å². The molecule has 0 fully saturated rings. The summed E-state index contributed by atoms with van der Waals surface area (Å²) < 4.78 is 7.07. The fourth-order valence-electron chi connectivity index (χ4n) is 1.91. The van der Waals surface area contributed by atoms with Gasteiger partial charge in [0.2, 0.25) is 0 Å². The van der Waals surface area contributed by atoms with Gasteiger partial charge in [-0.2, -0.15) is 5.10 Å². The molecule has 1 heterocycles. The Labute approximate surface area is 118 Å². The Morgan fingerprint density at radius 2 is 2.00 bits per heavy atom. The Bertz CT molecular complexity index is 561. The number of nitrogens with one attached hydrogen (secondary N) is 1. The molecule has 0 radical (unpaired) electrons. The second-order valence-corrected chi connectivity index (χ2v) is 4.35. The number of benzene rings is 1. The van der Waals surface area contributed by atoms with Crippen molar-refractivity contribution < 1.29 is 9.53 Å². The van der Waals surface area contributed by atoms with Crippen LogP contribution < -0.4 is 10.1 Å². The van der Waals surface area contributed by atoms with Gasteiger partial charge in [-0.15, -0.1) is 0 Å². The van der Waals surface area contributed by atoms with Crippen LogP contribution in [0.25, 0.3) is 0 Å². The van der Waals surface area contributed by atoms with Crippen LogP contribution in [-0.2, 0) is 6.54 Å². The first kappa shape index (κ1) is 14.1. The zero-order valence-electron chi connectivity index (χ0n) is 11.8. The van der Waals surface area contributed by atoms with Gasteiger partial charge in [0, 0.05) is 18.4 Å². The molecule has 0 spiro atoms. The zero-order chi connectivity index (χ0) is 14.4. The minimum absolute atomic E-state index is 0.153. The van der Waals surface area contributed by atoms with E-state index in [1.165, 1.54) is 0 Å². The molecule has 0 aliphatic heterocycles. The van der Waals surface area contributed by atoms with Gasteiger partial charge in [-0.05, 0) is 43.7 Å². The van der Waals surface area contributed by atoms with Crippen molar-refractivity contribution in [2.45, 2.75) is 26.8 Å². The molecule has 0 bridgehead atoms. The number of carbonyl (C=O) groups excluding carboxylic acids is 1. The molecular formula is C15H19N3O2. The topological polar surface area (TPSA) is 56.2 Å². The molecule has 20 heavy (non-hydrogen) atoms. The van der Waals surface area contributed by atoms with Crippen LogP contribution in [0.4, 0.5) is 5.69 Å². The first-order valence-electron chi connectivity index (χ1n) is 6.80. The molecule has 0 aliphatic rings. The van der Waals surface area contributed by atoms with Gasteiger partial charge in [0.15, 0.2) is 0 Å². The van der Waals surface area contributed by atoms with Gasteiger partial charge in [-0.3, -0.25) is 9.48 Å². The predicted molar refractivity (Wildman–Crippen MR) is 78.1 cm³/mol. The summed E-state index contributed by atoms with van der Waals surface area (Å²) in [4.78, 5) is 12.2. The SMILES string of the molecule is CCCn1nccc1C(=O)Nc1ccc(OCC)cc1. The molecule has 5 heteroatoms. The highest BCUT2D eigenvalue weighted by Gasteiger charge is 2.11. The third kappa shape index (κ3) is 3.38. The lowest BCUT2D eigenvalue weighted by atomic mass is 10.3. The van der Waals surface area contributed by atoms with E-state index in [0.29, 0.717) is 12.3 Å². The summed E-state index contributed by atoms with van der Waals surface area (Å²) >= 11 is 0. The molecule has 1 N–H and O–H groups in total. The number of rotatable bonds is 6. The first-order chi connectivity index (χ1) is 9.74. The molecule has 1 aromatic heterocycles. The second kappa shape index (κ2) is 6.75. The Hall–Kier alpha value is -2.30. The van der Waals surface area contributed by atoms with Crippen LogP contribution in [0.5, 0.6) is 5.75 Å². The number of aryl methyl sites for hydroxylation is 1. The highest BCUT2D eigenvalue weighted by molar-refractivity contribution is 6.03. The lowest BCUT2D eigenvalue weighted by Gasteiger charge is -2.08. The number of hydrogen-bond donors (Lipinski definition) is 1. The van der Waals surface area contributed by atoms with Crippen molar-refractivity contribution in [2.75, 3.05) is 11.9 Å². The Balaban J connectivity index is 2.05. The minimum atomic E-state index is -0.153. The number of ether oxygens (including phenoxy) is 1. The van der Waals surface area contributed by atoms with Crippen molar-refractivity contribution in [3.63, 3.8) is 0 Å². The summed E-state index contributed by atoms with van der Waals surface area (Å²) in [5, 5.41) is 7.00. The van der Waals surface area contributed by atoms with E-state index in [1.807, 2.05) is 31.2 Å². The maximum atomic E-state index is 12.2. The molecule has 0 saturated carbocycles. The van der Waals surface area contributed by atoms with Gasteiger partial charge in [-0.25, -0.2) is 0 Å². The number of aromatic nitrogens is 2. The van der Waals surface area contributed by atoms with Gasteiger partial charge in [0.1, 0.15) is 11.4 Å². The van der Waals surface area contributed by atoms with Crippen molar-refractivity contribution in [1.82, 2.24) is 9.78 Å². The third-order valence-corrected chi connectivity index (χ3v) is 2.81. The Morgan fingerprint density at radius 3 is 2.65 bits per heavy atom. The number of amides is 1. The quantitative estimate of drug-likeness (QED) is 0.880. The second-order valence-electron chi connectivity index (χ2n) is 4.35. The van der Waals surface area contributed by atoms with E-state index in [4.69, 9.17) is 4.74 Å². The van der Waals surface area contributed by atoms with Gasteiger partial charge in [-0.1, -0.05) is 6.92 Å². The van der Waals surface area contributed by atoms with Crippen LogP contribution in [0.2, 0.25) is 0 Å². The largest absolute Gasteiger partial charge is 0.494 e. The highest BCUT2D eigenvalue weighted by Crippen LogP contribution is 2.16. The standard InChI is InChI=1S/C15H19N3O2/c1-3-11-18-14(9-10-16-18)15(19)17-12-5-7-13(8-6-12)20-4-2/h5-10H,3-4,11H2,1-2H3,(H,17,19). The van der Waals surface area contributed by atoms with E-state index in [-0.39, 0.29) is 5.91 Å². The van der Waals surface area contributed by atoms with E-state index >= 15 is 0 Å². The molecular weight excluding hydrogens is 254 g/mol. The molecule has 0 aliphatic carbocycles. The van der Waals surface area contributed by atoms with Crippen molar-refractivity contribution in [3.05, 3.63) is 42.2 Å². The molecule has 106 valence electrons. The third-order valence-electron chi connectivity index (χ3n) is 2.81. The van der Waals surface area contributed by atoms with Crippen molar-refractivity contribution in [3.8, 4) is 5.75 Å². The number of carbonyl (C=O) groups is 1. The summed E-state index contributed by atoms with van der Waals surface area (Å²) in [5.41, 5.74) is 1.31. The Morgan fingerprint density at radius 1 is 1.25 bits per heavy atom. The van der Waals surface area contributed by atoms with Gasteiger partial charge >= 0.3 is 0 Å². The van der Waals surface area contributed by atoms with Gasteiger partial charge in [0.25, 0.3) is 5.91 Å². The van der Waals surface area contributed by atoms with E-state index in [0.717, 1.165) is 24.4 Å². The van der Waals surface area contributed by atoms with Gasteiger partial charge in [0.05, 0.1) is 6.61 Å². The average molecular weight is 273 g/mol. The fourth-order valence-corrected chi connectivity index (χ4v) is 1.91. The van der Waals surface area contributed by atoms with Crippen LogP contribution in [0.1, 0.15) is 30.8 Å². The van der Waals surface area contributed by atoms with Crippen LogP contribution in [0.15, 0.2) is 36.5 Å². The van der Waals surface area contributed by atoms with Crippen LogP contribution in [-0.4, -0.2) is 22.3 Å². The lowest BCUT2D eigenvalue weighted by molar-refractivity contribution is 0.101. The zero-order valence-corrected chi connectivity index (χ0v) is 11.8. The lowest BCUT2D eigenvalue weighted by Crippen LogP contribution is -2.17. The summed E-state index contributed by atoms with van der Waals surface area (Å²) in [5.74, 6) is 0.640. The summed E-state index contributed by atoms with van der Waals surface area (Å²) in [6.07, 6.45) is 2.58. The molecule has 1 amide bonds. The maximum absolute atomic E-state index is 12.2. The summed E-state index contributed by atoms with van der Waals surface area (Å²) in [7, 11) is 0. The van der Waals surface area contributed by atoms with Crippen LogP contribution in [0.3, 0.4) is 0 Å². The predicted octanol–water partition coefficient (Wildman–Crippen LogP) is 2.94. The van der Waals surface area contributed by atoms with Crippen molar-refractivity contribution in [2.24, 2.45) is 0 Å². The fraction of sp³-hybridized carbons (Fsp3) is 0.333. The molecule has 0 atom stereocenters.